The first-order valence-electron chi connectivity index (χ1n) is 8.39. The molecule has 0 spiro atoms. The highest BCUT2D eigenvalue weighted by Crippen LogP contribution is 2.07. The van der Waals surface area contributed by atoms with E-state index in [1.807, 2.05) is 30.3 Å². The Morgan fingerprint density at radius 3 is 2.37 bits per heavy atom. The third kappa shape index (κ3) is 8.66. The number of nitrogens with zero attached hydrogens (tertiary/aromatic N) is 1. The molecule has 0 bridgehead atoms. The fourth-order valence-corrected chi connectivity index (χ4v) is 2.15. The van der Waals surface area contributed by atoms with Gasteiger partial charge >= 0.3 is 17.9 Å². The van der Waals surface area contributed by atoms with Gasteiger partial charge in [0.05, 0.1) is 13.0 Å². The van der Waals surface area contributed by atoms with Gasteiger partial charge in [-0.15, -0.1) is 0 Å². The van der Waals surface area contributed by atoms with Gasteiger partial charge in [-0.1, -0.05) is 30.3 Å². The quantitative estimate of drug-likeness (QED) is 0.486. The summed E-state index contributed by atoms with van der Waals surface area (Å²) in [6, 6.07) is 9.13. The Hall–Kier alpha value is -3.16. The van der Waals surface area contributed by atoms with E-state index in [0.717, 1.165) is 11.6 Å². The van der Waals surface area contributed by atoms with Gasteiger partial charge in [0.2, 0.25) is 5.91 Å². The lowest BCUT2D eigenvalue weighted by Crippen LogP contribution is -2.36. The minimum absolute atomic E-state index is 0.0809. The predicted octanol–water partition coefficient (Wildman–Crippen LogP) is 1.54. The molecule has 8 nitrogen and oxygen atoms in total. The van der Waals surface area contributed by atoms with Crippen LogP contribution in [0.3, 0.4) is 0 Å². The summed E-state index contributed by atoms with van der Waals surface area (Å²) in [7, 11) is 0. The number of hydrogen-bond donors (Lipinski definition) is 1. The SMILES string of the molecule is CCOC(=O)CN(Cc1ccccc1)C(=O)CCOC(=O)C(C)=CC(=O)O. The summed E-state index contributed by atoms with van der Waals surface area (Å²) >= 11 is 0. The summed E-state index contributed by atoms with van der Waals surface area (Å²) in [5.74, 6) is -2.99. The van der Waals surface area contributed by atoms with E-state index >= 15 is 0 Å². The number of ether oxygens (including phenoxy) is 2. The smallest absolute Gasteiger partial charge is 0.333 e. The van der Waals surface area contributed by atoms with Crippen molar-refractivity contribution in [2.45, 2.75) is 26.8 Å². The van der Waals surface area contributed by atoms with Gasteiger partial charge < -0.3 is 19.5 Å². The van der Waals surface area contributed by atoms with Crippen LogP contribution in [-0.4, -0.2) is 53.6 Å². The van der Waals surface area contributed by atoms with Crippen molar-refractivity contribution >= 4 is 23.8 Å². The molecule has 0 fully saturated rings. The van der Waals surface area contributed by atoms with E-state index in [0.29, 0.717) is 0 Å². The van der Waals surface area contributed by atoms with Crippen LogP contribution in [0.25, 0.3) is 0 Å². The van der Waals surface area contributed by atoms with Crippen molar-refractivity contribution in [1.29, 1.82) is 0 Å². The number of amides is 1. The molecule has 0 aliphatic rings. The molecule has 1 aromatic carbocycles. The first-order chi connectivity index (χ1) is 12.8. The molecular weight excluding hydrogens is 354 g/mol. The number of carbonyl (C=O) groups is 4. The fraction of sp³-hybridized carbons (Fsp3) is 0.368. The van der Waals surface area contributed by atoms with Gasteiger partial charge in [0.15, 0.2) is 0 Å². The number of hydrogen-bond acceptors (Lipinski definition) is 6. The molecule has 0 saturated carbocycles. The fourth-order valence-electron chi connectivity index (χ4n) is 2.15. The van der Waals surface area contributed by atoms with Crippen LogP contribution in [0.15, 0.2) is 42.0 Å². The van der Waals surface area contributed by atoms with Crippen LogP contribution in [0, 0.1) is 0 Å². The van der Waals surface area contributed by atoms with Gasteiger partial charge in [-0.3, -0.25) is 9.59 Å². The third-order valence-electron chi connectivity index (χ3n) is 3.41. The normalized spacial score (nSPS) is 10.8. The number of carboxylic acids is 1. The van der Waals surface area contributed by atoms with Gasteiger partial charge in [0, 0.05) is 18.2 Å². The molecule has 0 aliphatic carbocycles. The minimum Gasteiger partial charge on any atom is -0.478 e. The maximum atomic E-state index is 12.4. The molecule has 0 saturated heterocycles. The molecule has 0 heterocycles. The van der Waals surface area contributed by atoms with E-state index in [9.17, 15) is 19.2 Å². The summed E-state index contributed by atoms with van der Waals surface area (Å²) in [4.78, 5) is 47.7. The number of rotatable bonds is 10. The molecule has 0 aliphatic heterocycles. The highest BCUT2D eigenvalue weighted by molar-refractivity contribution is 5.95. The lowest BCUT2D eigenvalue weighted by molar-refractivity contribution is -0.150. The van der Waals surface area contributed by atoms with Crippen molar-refractivity contribution in [1.82, 2.24) is 4.90 Å². The van der Waals surface area contributed by atoms with Crippen LogP contribution in [0.1, 0.15) is 25.8 Å². The average Bonchev–Trinajstić information content (AvgIpc) is 2.61. The molecule has 0 unspecified atom stereocenters. The van der Waals surface area contributed by atoms with Crippen LogP contribution in [0.4, 0.5) is 0 Å². The van der Waals surface area contributed by atoms with Gasteiger partial charge in [0.25, 0.3) is 0 Å². The lowest BCUT2D eigenvalue weighted by atomic mass is 10.2. The molecule has 0 atom stereocenters. The lowest BCUT2D eigenvalue weighted by Gasteiger charge is -2.22. The first kappa shape index (κ1) is 21.9. The Balaban J connectivity index is 2.65. The maximum Gasteiger partial charge on any atom is 0.333 e. The molecule has 1 N–H and O–H groups in total. The van der Waals surface area contributed by atoms with Gasteiger partial charge in [-0.05, 0) is 19.4 Å². The number of carboxylic acid groups (broad SMARTS) is 1. The van der Waals surface area contributed by atoms with Crippen LogP contribution >= 0.6 is 0 Å². The van der Waals surface area contributed by atoms with Crippen molar-refractivity contribution in [3.05, 3.63) is 47.5 Å². The predicted molar refractivity (Wildman–Crippen MR) is 95.5 cm³/mol. The molecule has 0 aromatic heterocycles. The molecule has 8 heteroatoms. The van der Waals surface area contributed by atoms with Crippen molar-refractivity contribution in [3.63, 3.8) is 0 Å². The monoisotopic (exact) mass is 377 g/mol. The summed E-state index contributed by atoms with van der Waals surface area (Å²) < 4.78 is 9.78. The van der Waals surface area contributed by atoms with Crippen molar-refractivity contribution in [3.8, 4) is 0 Å². The highest BCUT2D eigenvalue weighted by atomic mass is 16.5. The van der Waals surface area contributed by atoms with E-state index in [1.54, 1.807) is 6.92 Å². The van der Waals surface area contributed by atoms with Crippen molar-refractivity contribution in [2.75, 3.05) is 19.8 Å². The molecular formula is C19H23NO7. The Bertz CT molecular complexity index is 697. The maximum absolute atomic E-state index is 12.4. The molecule has 1 rings (SSSR count). The summed E-state index contributed by atoms with van der Waals surface area (Å²) in [6.07, 6.45) is 0.588. The highest BCUT2D eigenvalue weighted by Gasteiger charge is 2.19. The zero-order valence-electron chi connectivity index (χ0n) is 15.3. The van der Waals surface area contributed by atoms with E-state index in [-0.39, 0.29) is 44.2 Å². The molecule has 1 amide bonds. The van der Waals surface area contributed by atoms with Crippen LogP contribution in [0.5, 0.6) is 0 Å². The third-order valence-corrected chi connectivity index (χ3v) is 3.41. The van der Waals surface area contributed by atoms with Crippen LogP contribution < -0.4 is 0 Å². The summed E-state index contributed by atoms with van der Waals surface area (Å²) in [5, 5.41) is 8.60. The number of esters is 2. The van der Waals surface area contributed by atoms with Crippen molar-refractivity contribution < 1.29 is 33.8 Å². The van der Waals surface area contributed by atoms with E-state index in [2.05, 4.69) is 0 Å². The summed E-state index contributed by atoms with van der Waals surface area (Å²) in [5.41, 5.74) is 0.759. The summed E-state index contributed by atoms with van der Waals surface area (Å²) in [6.45, 7) is 2.96. The second kappa shape index (κ2) is 11.5. The topological polar surface area (TPSA) is 110 Å². The van der Waals surface area contributed by atoms with Crippen molar-refractivity contribution in [2.24, 2.45) is 0 Å². The number of aliphatic carboxylic acids is 1. The molecule has 1 aromatic rings. The van der Waals surface area contributed by atoms with E-state index in [4.69, 9.17) is 14.6 Å². The molecule has 146 valence electrons. The zero-order chi connectivity index (χ0) is 20.2. The Labute approximate surface area is 157 Å². The average molecular weight is 377 g/mol. The largest absolute Gasteiger partial charge is 0.478 e. The Morgan fingerprint density at radius 2 is 1.78 bits per heavy atom. The molecule has 0 radical (unpaired) electrons. The zero-order valence-corrected chi connectivity index (χ0v) is 15.3. The minimum atomic E-state index is -1.26. The van der Waals surface area contributed by atoms with Crippen LogP contribution in [0.2, 0.25) is 0 Å². The second-order valence-electron chi connectivity index (χ2n) is 5.59. The van der Waals surface area contributed by atoms with Crippen LogP contribution in [-0.2, 0) is 35.2 Å². The second-order valence-corrected chi connectivity index (χ2v) is 5.59. The van der Waals surface area contributed by atoms with E-state index in [1.165, 1.54) is 11.8 Å². The van der Waals surface area contributed by atoms with Gasteiger partial charge in [-0.25, -0.2) is 9.59 Å². The Kier molecular flexibility index (Phi) is 9.28. The standard InChI is InChI=1S/C19H23NO7/c1-3-26-18(24)13-20(12-15-7-5-4-6-8-15)16(21)9-10-27-19(25)14(2)11-17(22)23/h4-8,11H,3,9-10,12-13H2,1-2H3,(H,22,23). The number of benzene rings is 1. The first-order valence-corrected chi connectivity index (χ1v) is 8.39. The van der Waals surface area contributed by atoms with Gasteiger partial charge in [0.1, 0.15) is 13.2 Å². The van der Waals surface area contributed by atoms with E-state index < -0.39 is 17.9 Å². The van der Waals surface area contributed by atoms with Gasteiger partial charge in [-0.2, -0.15) is 0 Å². The Morgan fingerprint density at radius 1 is 1.11 bits per heavy atom. The number of carbonyl (C=O) groups excluding carboxylic acids is 3. The molecule has 27 heavy (non-hydrogen) atoms.